The Balaban J connectivity index is 1.28. The third-order valence-corrected chi connectivity index (χ3v) is 9.59. The van der Waals surface area contributed by atoms with Gasteiger partial charge in [-0.15, -0.1) is 0 Å². The molecule has 0 aliphatic rings. The quantitative estimate of drug-likeness (QED) is 0.182. The van der Waals surface area contributed by atoms with Crippen LogP contribution in [0.25, 0.3) is 100 Å². The van der Waals surface area contributed by atoms with Gasteiger partial charge in [0.15, 0.2) is 23.3 Å². The lowest BCUT2D eigenvalue weighted by Gasteiger charge is -2.13. The summed E-state index contributed by atoms with van der Waals surface area (Å²) in [4.78, 5) is 30.9. The van der Waals surface area contributed by atoms with Crippen LogP contribution in [0.4, 0.5) is 0 Å². The van der Waals surface area contributed by atoms with E-state index in [9.17, 15) is 0 Å². The molecule has 0 unspecified atom stereocenters. The van der Waals surface area contributed by atoms with Crippen LogP contribution in [0.2, 0.25) is 0 Å². The molecule has 10 rings (SSSR count). The molecule has 2 aromatic heterocycles. The number of hydrogen-bond donors (Lipinski definition) is 0. The monoisotopic (exact) mass is 664 g/mol. The van der Waals surface area contributed by atoms with E-state index in [0.717, 1.165) is 65.3 Å². The van der Waals surface area contributed by atoms with Crippen molar-refractivity contribution in [2.75, 3.05) is 0 Å². The summed E-state index contributed by atoms with van der Waals surface area (Å²) < 4.78 is 0. The molecule has 10 aromatic rings. The van der Waals surface area contributed by atoms with Crippen molar-refractivity contribution in [3.8, 4) is 57.2 Å². The van der Waals surface area contributed by atoms with E-state index >= 15 is 0 Å². The van der Waals surface area contributed by atoms with E-state index in [1.807, 2.05) is 72.8 Å². The molecule has 8 aromatic carbocycles. The second kappa shape index (κ2) is 12.3. The summed E-state index contributed by atoms with van der Waals surface area (Å²) in [5, 5.41) is 8.61. The molecule has 0 fully saturated rings. The predicted molar refractivity (Wildman–Crippen MR) is 210 cm³/mol. The lowest BCUT2D eigenvalue weighted by atomic mass is 10.0. The fourth-order valence-corrected chi connectivity index (χ4v) is 7.12. The molecule has 0 N–H and O–H groups in total. The van der Waals surface area contributed by atoms with E-state index in [1.165, 1.54) is 0 Å². The Labute approximate surface area is 299 Å². The van der Waals surface area contributed by atoms with Crippen molar-refractivity contribution in [3.05, 3.63) is 170 Å². The van der Waals surface area contributed by atoms with E-state index in [0.29, 0.717) is 34.9 Å². The zero-order valence-corrected chi connectivity index (χ0v) is 27.8. The molecule has 2 heterocycles. The molecule has 0 saturated carbocycles. The van der Waals surface area contributed by atoms with E-state index in [2.05, 4.69) is 97.1 Å². The van der Waals surface area contributed by atoms with Gasteiger partial charge in [-0.3, -0.25) is 0 Å². The molecule has 0 spiro atoms. The zero-order chi connectivity index (χ0) is 34.4. The van der Waals surface area contributed by atoms with Gasteiger partial charge in [-0.1, -0.05) is 170 Å². The van der Waals surface area contributed by atoms with E-state index in [4.69, 9.17) is 29.9 Å². The fourth-order valence-electron chi connectivity index (χ4n) is 7.12. The molecular formula is C46H28N6. The van der Waals surface area contributed by atoms with Gasteiger partial charge >= 0.3 is 0 Å². The van der Waals surface area contributed by atoms with Crippen molar-refractivity contribution in [2.45, 2.75) is 0 Å². The summed E-state index contributed by atoms with van der Waals surface area (Å²) in [5.41, 5.74) is 3.61. The van der Waals surface area contributed by atoms with Crippen molar-refractivity contribution >= 4 is 43.1 Å². The normalized spacial score (nSPS) is 11.5. The van der Waals surface area contributed by atoms with Gasteiger partial charge in [-0.05, 0) is 43.1 Å². The molecule has 0 aliphatic carbocycles. The first-order chi connectivity index (χ1) is 25.8. The molecule has 6 heteroatoms. The molecular weight excluding hydrogens is 637 g/mol. The first-order valence-electron chi connectivity index (χ1n) is 17.2. The number of hydrogen-bond acceptors (Lipinski definition) is 6. The summed E-state index contributed by atoms with van der Waals surface area (Å²) in [5.74, 6) is 2.91. The summed E-state index contributed by atoms with van der Waals surface area (Å²) in [6.45, 7) is 0. The minimum Gasteiger partial charge on any atom is -0.208 e. The lowest BCUT2D eigenvalue weighted by Crippen LogP contribution is -2.06. The van der Waals surface area contributed by atoms with Crippen molar-refractivity contribution in [3.63, 3.8) is 0 Å². The van der Waals surface area contributed by atoms with E-state index in [-0.39, 0.29) is 0 Å². The first kappa shape index (κ1) is 29.7. The van der Waals surface area contributed by atoms with Crippen LogP contribution in [0.5, 0.6) is 0 Å². The maximum absolute atomic E-state index is 5.15. The largest absolute Gasteiger partial charge is 0.208 e. The van der Waals surface area contributed by atoms with Gasteiger partial charge in [-0.25, -0.2) is 29.9 Å². The van der Waals surface area contributed by atoms with Crippen molar-refractivity contribution < 1.29 is 0 Å². The Kier molecular flexibility index (Phi) is 7.03. The summed E-state index contributed by atoms with van der Waals surface area (Å²) in [6, 6.07) is 58.0. The van der Waals surface area contributed by atoms with E-state index < -0.39 is 0 Å². The van der Waals surface area contributed by atoms with Crippen LogP contribution in [0.1, 0.15) is 0 Å². The molecule has 0 bridgehead atoms. The van der Waals surface area contributed by atoms with Crippen molar-refractivity contribution in [2.24, 2.45) is 0 Å². The van der Waals surface area contributed by atoms with Crippen LogP contribution >= 0.6 is 0 Å². The maximum atomic E-state index is 5.15. The molecule has 0 amide bonds. The number of rotatable bonds is 5. The highest BCUT2D eigenvalue weighted by Crippen LogP contribution is 2.35. The van der Waals surface area contributed by atoms with Crippen molar-refractivity contribution in [1.29, 1.82) is 0 Å². The summed E-state index contributed by atoms with van der Waals surface area (Å²) in [6.07, 6.45) is 0. The van der Waals surface area contributed by atoms with Crippen LogP contribution in [0, 0.1) is 0 Å². The zero-order valence-electron chi connectivity index (χ0n) is 27.8. The van der Waals surface area contributed by atoms with Crippen LogP contribution in [0.15, 0.2) is 170 Å². The van der Waals surface area contributed by atoms with Gasteiger partial charge in [0.25, 0.3) is 0 Å². The van der Waals surface area contributed by atoms with Gasteiger partial charge in [-0.2, -0.15) is 0 Å². The summed E-state index contributed by atoms with van der Waals surface area (Å²) in [7, 11) is 0. The van der Waals surface area contributed by atoms with Crippen LogP contribution < -0.4 is 0 Å². The topological polar surface area (TPSA) is 77.3 Å². The molecule has 0 atom stereocenters. The second-order valence-electron chi connectivity index (χ2n) is 12.7. The first-order valence-corrected chi connectivity index (χ1v) is 17.2. The number of benzene rings is 8. The standard InChI is InChI=1S/C46H28N6/c1-5-21-33-29(13-1)17-9-25-37(33)41-47-42(38-26-10-18-30-14-2-6-22-34(30)38)50-45(49-41)46-51-43(39-27-11-19-31-15-3-7-23-35(31)39)48-44(52-46)40-28-12-20-32-16-4-8-24-36(32)40/h1-28H. The summed E-state index contributed by atoms with van der Waals surface area (Å²) >= 11 is 0. The average Bonchev–Trinajstić information content (AvgIpc) is 3.22. The Hall–Kier alpha value is -7.18. The van der Waals surface area contributed by atoms with Gasteiger partial charge < -0.3 is 0 Å². The number of nitrogens with zero attached hydrogens (tertiary/aromatic N) is 6. The highest BCUT2D eigenvalue weighted by Gasteiger charge is 2.21. The third-order valence-electron chi connectivity index (χ3n) is 9.59. The van der Waals surface area contributed by atoms with Crippen molar-refractivity contribution in [1.82, 2.24) is 29.9 Å². The molecule has 0 radical (unpaired) electrons. The van der Waals surface area contributed by atoms with Gasteiger partial charge in [0.1, 0.15) is 0 Å². The Morgan fingerprint density at radius 2 is 0.404 bits per heavy atom. The molecule has 52 heavy (non-hydrogen) atoms. The highest BCUT2D eigenvalue weighted by atomic mass is 15.1. The SMILES string of the molecule is c1ccc2c(-c3nc(-c4nc(-c5cccc6ccccc56)nc(-c5cccc6ccccc56)n4)nc(-c4cccc5ccccc45)n3)cccc2c1. The fraction of sp³-hybridized carbons (Fsp3) is 0. The average molecular weight is 665 g/mol. The Morgan fingerprint density at radius 1 is 0.192 bits per heavy atom. The van der Waals surface area contributed by atoms with Crippen LogP contribution in [0.3, 0.4) is 0 Å². The predicted octanol–water partition coefficient (Wildman–Crippen LogP) is 11.0. The molecule has 242 valence electrons. The van der Waals surface area contributed by atoms with E-state index in [1.54, 1.807) is 0 Å². The van der Waals surface area contributed by atoms with Gasteiger partial charge in [0.2, 0.25) is 11.6 Å². The van der Waals surface area contributed by atoms with Gasteiger partial charge in [0.05, 0.1) is 0 Å². The minimum absolute atomic E-state index is 0.367. The number of fused-ring (bicyclic) bond motifs is 4. The molecule has 0 aliphatic heterocycles. The van der Waals surface area contributed by atoms with Crippen LogP contribution in [-0.4, -0.2) is 29.9 Å². The third kappa shape index (κ3) is 5.13. The lowest BCUT2D eigenvalue weighted by molar-refractivity contribution is 1.01. The highest BCUT2D eigenvalue weighted by molar-refractivity contribution is 5.99. The molecule has 0 saturated heterocycles. The minimum atomic E-state index is 0.367. The smallest absolute Gasteiger partial charge is 0.202 e. The molecule has 6 nitrogen and oxygen atoms in total. The maximum Gasteiger partial charge on any atom is 0.202 e. The second-order valence-corrected chi connectivity index (χ2v) is 12.7. The Morgan fingerprint density at radius 3 is 0.673 bits per heavy atom. The van der Waals surface area contributed by atoms with Crippen LogP contribution in [-0.2, 0) is 0 Å². The number of aromatic nitrogens is 6. The van der Waals surface area contributed by atoms with Gasteiger partial charge in [0, 0.05) is 22.3 Å². The Bertz CT molecular complexity index is 2570.